The van der Waals surface area contributed by atoms with Crippen LogP contribution in [-0.2, 0) is 0 Å². The Morgan fingerprint density at radius 3 is 2.00 bits per heavy atom. The summed E-state index contributed by atoms with van der Waals surface area (Å²) in [5.74, 6) is 0.319. The van der Waals surface area contributed by atoms with Gasteiger partial charge in [0.1, 0.15) is 0 Å². The van der Waals surface area contributed by atoms with E-state index in [1.54, 1.807) is 12.1 Å². The second-order valence-corrected chi connectivity index (χ2v) is 2.60. The molecule has 1 nitrogen and oxygen atoms in total. The van der Waals surface area contributed by atoms with Crippen LogP contribution in [0.3, 0.4) is 0 Å². The van der Waals surface area contributed by atoms with Crippen LogP contribution in [0.1, 0.15) is 0 Å². The van der Waals surface area contributed by atoms with E-state index in [2.05, 4.69) is 16.9 Å². The average Bonchev–Trinajstić information content (AvgIpc) is 1.77. The molecule has 2 radical (unpaired) electrons. The SMILES string of the molecule is Oc1ccc([As])cc1. The van der Waals surface area contributed by atoms with E-state index in [0.717, 1.165) is 4.35 Å². The molecular weight excluding hydrogens is 163 g/mol. The Bertz CT molecular complexity index is 147. The van der Waals surface area contributed by atoms with E-state index in [0.29, 0.717) is 5.75 Å². The van der Waals surface area contributed by atoms with Gasteiger partial charge in [-0.2, -0.15) is 0 Å². The Balaban J connectivity index is 3.03. The first-order valence-electron chi connectivity index (χ1n) is 2.27. The van der Waals surface area contributed by atoms with Crippen molar-refractivity contribution in [2.24, 2.45) is 0 Å². The van der Waals surface area contributed by atoms with E-state index in [1.165, 1.54) is 0 Å². The second-order valence-electron chi connectivity index (χ2n) is 1.52. The van der Waals surface area contributed by atoms with Gasteiger partial charge < -0.3 is 0 Å². The molecule has 0 saturated carbocycles. The van der Waals surface area contributed by atoms with Crippen molar-refractivity contribution in [3.8, 4) is 5.75 Å². The molecule has 0 aliphatic heterocycles. The van der Waals surface area contributed by atoms with Gasteiger partial charge in [0, 0.05) is 0 Å². The Labute approximate surface area is 56.8 Å². The number of phenolic OH excluding ortho intramolecular Hbond substituents is 1. The number of rotatable bonds is 0. The molecule has 0 unspecified atom stereocenters. The Morgan fingerprint density at radius 1 is 1.12 bits per heavy atom. The van der Waals surface area contributed by atoms with Crippen molar-refractivity contribution in [1.29, 1.82) is 0 Å². The summed E-state index contributed by atoms with van der Waals surface area (Å²) in [5.41, 5.74) is 0. The summed E-state index contributed by atoms with van der Waals surface area (Å²) in [4.78, 5) is 0. The number of aromatic hydroxyl groups is 1. The summed E-state index contributed by atoms with van der Waals surface area (Å²) in [5, 5.41) is 8.75. The molecule has 0 fully saturated rings. The molecule has 0 aliphatic carbocycles. The monoisotopic (exact) mass is 168 g/mol. The van der Waals surface area contributed by atoms with Crippen molar-refractivity contribution in [3.63, 3.8) is 0 Å². The molecule has 1 N–H and O–H groups in total. The number of hydrogen-bond donors (Lipinski definition) is 1. The molecule has 0 amide bonds. The van der Waals surface area contributed by atoms with Gasteiger partial charge in [0.2, 0.25) is 0 Å². The van der Waals surface area contributed by atoms with Crippen molar-refractivity contribution < 1.29 is 5.11 Å². The molecule has 40 valence electrons. The van der Waals surface area contributed by atoms with Crippen LogP contribution in [0.2, 0.25) is 0 Å². The third-order valence-corrected chi connectivity index (χ3v) is 1.48. The second kappa shape index (κ2) is 2.23. The molecule has 1 rings (SSSR count). The minimum absolute atomic E-state index is 0.319. The Hall–Kier alpha value is -0.422. The van der Waals surface area contributed by atoms with Gasteiger partial charge in [0.15, 0.2) is 0 Å². The van der Waals surface area contributed by atoms with E-state index in [1.807, 2.05) is 12.1 Å². The fourth-order valence-corrected chi connectivity index (χ4v) is 0.765. The zero-order chi connectivity index (χ0) is 5.98. The van der Waals surface area contributed by atoms with Crippen molar-refractivity contribution in [1.82, 2.24) is 0 Å². The van der Waals surface area contributed by atoms with Crippen molar-refractivity contribution in [3.05, 3.63) is 24.3 Å². The summed E-state index contributed by atoms with van der Waals surface area (Å²) in [6, 6.07) is 7.01. The Kier molecular flexibility index (Phi) is 1.59. The fraction of sp³-hybridized carbons (Fsp3) is 0. The van der Waals surface area contributed by atoms with Gasteiger partial charge in [-0.3, -0.25) is 0 Å². The Morgan fingerprint density at radius 2 is 1.62 bits per heavy atom. The quantitative estimate of drug-likeness (QED) is 0.548. The summed E-state index contributed by atoms with van der Waals surface area (Å²) in [6.45, 7) is 0. The van der Waals surface area contributed by atoms with Gasteiger partial charge >= 0.3 is 56.3 Å². The van der Waals surface area contributed by atoms with Crippen LogP contribution < -0.4 is 4.35 Å². The molecule has 8 heavy (non-hydrogen) atoms. The van der Waals surface area contributed by atoms with Gasteiger partial charge in [0.25, 0.3) is 0 Å². The fourth-order valence-electron chi connectivity index (χ4n) is 0.453. The summed E-state index contributed by atoms with van der Waals surface area (Å²) < 4.78 is 1.11. The molecule has 1 aromatic rings. The first kappa shape index (κ1) is 5.71. The van der Waals surface area contributed by atoms with Gasteiger partial charge in [-0.05, 0) is 0 Å². The van der Waals surface area contributed by atoms with E-state index in [9.17, 15) is 0 Å². The standard InChI is InChI=1S/C6H5AsO/c7-5-1-3-6(8)4-2-5/h1-4,8H. The van der Waals surface area contributed by atoms with Crippen molar-refractivity contribution in [2.45, 2.75) is 0 Å². The molecule has 2 heteroatoms. The average molecular weight is 168 g/mol. The van der Waals surface area contributed by atoms with Gasteiger partial charge in [-0.15, -0.1) is 0 Å². The minimum atomic E-state index is 0.319. The first-order valence-corrected chi connectivity index (χ1v) is 3.21. The topological polar surface area (TPSA) is 20.2 Å². The third-order valence-electron chi connectivity index (χ3n) is 0.850. The van der Waals surface area contributed by atoms with Crippen molar-refractivity contribution in [2.75, 3.05) is 0 Å². The van der Waals surface area contributed by atoms with Crippen LogP contribution in [-0.4, -0.2) is 22.0 Å². The molecule has 0 atom stereocenters. The van der Waals surface area contributed by atoms with E-state index >= 15 is 0 Å². The van der Waals surface area contributed by atoms with Gasteiger partial charge in [0.05, 0.1) is 0 Å². The van der Waals surface area contributed by atoms with Crippen LogP contribution in [0.5, 0.6) is 5.75 Å². The van der Waals surface area contributed by atoms with E-state index < -0.39 is 0 Å². The van der Waals surface area contributed by atoms with Crippen molar-refractivity contribution >= 4 is 21.2 Å². The van der Waals surface area contributed by atoms with Crippen LogP contribution in [0.15, 0.2) is 24.3 Å². The maximum absolute atomic E-state index is 8.75. The molecular formula is C6H5AsO. The van der Waals surface area contributed by atoms with Crippen LogP contribution in [0.4, 0.5) is 0 Å². The van der Waals surface area contributed by atoms with E-state index in [-0.39, 0.29) is 0 Å². The molecule has 0 aromatic heterocycles. The summed E-state index contributed by atoms with van der Waals surface area (Å²) in [7, 11) is 0. The van der Waals surface area contributed by atoms with Crippen LogP contribution in [0.25, 0.3) is 0 Å². The van der Waals surface area contributed by atoms with Gasteiger partial charge in [-0.1, -0.05) is 0 Å². The maximum atomic E-state index is 8.75. The molecule has 0 aliphatic rings. The third kappa shape index (κ3) is 1.27. The predicted octanol–water partition coefficient (Wildman–Crippen LogP) is 0.186. The number of benzene rings is 1. The summed E-state index contributed by atoms with van der Waals surface area (Å²) >= 11 is 2.40. The molecule has 0 saturated heterocycles. The van der Waals surface area contributed by atoms with Crippen LogP contribution in [0, 0.1) is 0 Å². The summed E-state index contributed by atoms with van der Waals surface area (Å²) in [6.07, 6.45) is 0. The zero-order valence-electron chi connectivity index (χ0n) is 4.20. The molecule has 0 heterocycles. The first-order chi connectivity index (χ1) is 3.79. The zero-order valence-corrected chi connectivity index (χ0v) is 6.08. The number of phenols is 1. The molecule has 0 bridgehead atoms. The normalized spacial score (nSPS) is 9.12. The molecule has 0 spiro atoms. The molecule has 1 aromatic carbocycles. The van der Waals surface area contributed by atoms with Crippen LogP contribution >= 0.6 is 0 Å². The number of hydrogen-bond acceptors (Lipinski definition) is 1. The van der Waals surface area contributed by atoms with E-state index in [4.69, 9.17) is 5.11 Å². The predicted molar refractivity (Wildman–Crippen MR) is 33.5 cm³/mol. The van der Waals surface area contributed by atoms with Gasteiger partial charge in [-0.25, -0.2) is 0 Å².